The van der Waals surface area contributed by atoms with Crippen LogP contribution in [0.2, 0.25) is 10.2 Å². The van der Waals surface area contributed by atoms with Gasteiger partial charge in [0.15, 0.2) is 5.82 Å². The molecule has 0 amide bonds. The van der Waals surface area contributed by atoms with Crippen LogP contribution >= 0.6 is 23.2 Å². The van der Waals surface area contributed by atoms with Crippen molar-refractivity contribution in [2.75, 3.05) is 0 Å². The number of aryl methyl sites for hydroxylation is 2. The highest BCUT2D eigenvalue weighted by Gasteiger charge is 2.12. The largest absolute Gasteiger partial charge is 0.228 e. The Balaban J connectivity index is 2.28. The van der Waals surface area contributed by atoms with Crippen LogP contribution in [0.1, 0.15) is 11.1 Å². The minimum absolute atomic E-state index is 0.301. The maximum Gasteiger partial charge on any atom is 0.161 e. The Morgan fingerprint density at radius 2 is 1.76 bits per heavy atom. The first kappa shape index (κ1) is 14.2. The second kappa shape index (κ2) is 5.24. The minimum atomic E-state index is -0.315. The molecule has 0 saturated heterocycles. The van der Waals surface area contributed by atoms with Crippen molar-refractivity contribution in [3.05, 3.63) is 57.5 Å². The standard InChI is InChI=1S/C16H11Cl2FN2/c1-8-3-4-10(7-12(8)17)16-20-14-9(2)13(19)6-5-11(14)15(18)21-16/h3-7H,1-2H3. The Bertz CT molecular complexity index is 863. The first-order chi connectivity index (χ1) is 9.97. The number of nitrogens with zero attached hydrogens (tertiary/aromatic N) is 2. The summed E-state index contributed by atoms with van der Waals surface area (Å²) >= 11 is 12.3. The summed E-state index contributed by atoms with van der Waals surface area (Å²) in [6.07, 6.45) is 0. The summed E-state index contributed by atoms with van der Waals surface area (Å²) in [7, 11) is 0. The van der Waals surface area contributed by atoms with Gasteiger partial charge in [-0.05, 0) is 37.6 Å². The Hall–Kier alpha value is -1.71. The van der Waals surface area contributed by atoms with Crippen LogP contribution in [0.5, 0.6) is 0 Å². The molecule has 1 heterocycles. The van der Waals surface area contributed by atoms with E-state index in [1.807, 2.05) is 19.1 Å². The molecule has 1 aromatic heterocycles. The molecule has 0 fully saturated rings. The van der Waals surface area contributed by atoms with Gasteiger partial charge in [-0.25, -0.2) is 14.4 Å². The molecule has 3 rings (SSSR count). The molecule has 0 bridgehead atoms. The van der Waals surface area contributed by atoms with E-state index in [0.29, 0.717) is 32.5 Å². The summed E-state index contributed by atoms with van der Waals surface area (Å²) in [5.74, 6) is 0.119. The van der Waals surface area contributed by atoms with E-state index in [4.69, 9.17) is 23.2 Å². The summed E-state index contributed by atoms with van der Waals surface area (Å²) < 4.78 is 13.7. The fourth-order valence-corrected chi connectivity index (χ4v) is 2.54. The van der Waals surface area contributed by atoms with Gasteiger partial charge in [0.2, 0.25) is 0 Å². The normalized spacial score (nSPS) is 11.1. The van der Waals surface area contributed by atoms with E-state index in [1.54, 1.807) is 19.1 Å². The van der Waals surface area contributed by atoms with Crippen LogP contribution in [-0.2, 0) is 0 Å². The maximum absolute atomic E-state index is 13.7. The average molecular weight is 321 g/mol. The molecule has 0 N–H and O–H groups in total. The fourth-order valence-electron chi connectivity index (χ4n) is 2.13. The molecule has 2 nitrogen and oxygen atoms in total. The van der Waals surface area contributed by atoms with E-state index in [2.05, 4.69) is 9.97 Å². The number of hydrogen-bond donors (Lipinski definition) is 0. The van der Waals surface area contributed by atoms with Crippen molar-refractivity contribution in [3.63, 3.8) is 0 Å². The van der Waals surface area contributed by atoms with E-state index in [0.717, 1.165) is 11.1 Å². The number of benzene rings is 2. The predicted octanol–water partition coefficient (Wildman–Crippen LogP) is 5.36. The fraction of sp³-hybridized carbons (Fsp3) is 0.125. The lowest BCUT2D eigenvalue weighted by atomic mass is 10.1. The average Bonchev–Trinajstić information content (AvgIpc) is 2.46. The third-order valence-corrected chi connectivity index (χ3v) is 4.13. The summed E-state index contributed by atoms with van der Waals surface area (Å²) in [5.41, 5.74) is 2.69. The first-order valence-electron chi connectivity index (χ1n) is 6.36. The Kier molecular flexibility index (Phi) is 3.56. The second-order valence-corrected chi connectivity index (χ2v) is 5.64. The summed E-state index contributed by atoms with van der Waals surface area (Å²) in [4.78, 5) is 8.73. The molecule has 0 aliphatic carbocycles. The quantitative estimate of drug-likeness (QED) is 0.564. The lowest BCUT2D eigenvalue weighted by Gasteiger charge is -2.08. The van der Waals surface area contributed by atoms with Gasteiger partial charge in [-0.2, -0.15) is 0 Å². The van der Waals surface area contributed by atoms with Crippen molar-refractivity contribution in [2.45, 2.75) is 13.8 Å². The molecule has 3 aromatic rings. The number of rotatable bonds is 1. The van der Waals surface area contributed by atoms with E-state index in [-0.39, 0.29) is 5.82 Å². The molecule has 5 heteroatoms. The molecule has 0 aliphatic rings. The molecule has 106 valence electrons. The van der Waals surface area contributed by atoms with Crippen LogP contribution in [0.4, 0.5) is 4.39 Å². The van der Waals surface area contributed by atoms with Gasteiger partial charge in [0.05, 0.1) is 5.52 Å². The van der Waals surface area contributed by atoms with Gasteiger partial charge >= 0.3 is 0 Å². The topological polar surface area (TPSA) is 25.8 Å². The van der Waals surface area contributed by atoms with Crippen molar-refractivity contribution in [2.24, 2.45) is 0 Å². The maximum atomic E-state index is 13.7. The smallest absolute Gasteiger partial charge is 0.161 e. The van der Waals surface area contributed by atoms with Crippen molar-refractivity contribution in [1.29, 1.82) is 0 Å². The van der Waals surface area contributed by atoms with Gasteiger partial charge in [-0.15, -0.1) is 0 Å². The zero-order chi connectivity index (χ0) is 15.1. The van der Waals surface area contributed by atoms with E-state index < -0.39 is 0 Å². The number of aromatic nitrogens is 2. The molecule has 21 heavy (non-hydrogen) atoms. The van der Waals surface area contributed by atoms with Crippen LogP contribution in [0.25, 0.3) is 22.3 Å². The third kappa shape index (κ3) is 2.47. The molecule has 0 spiro atoms. The molecule has 0 unspecified atom stereocenters. The predicted molar refractivity (Wildman–Crippen MR) is 84.4 cm³/mol. The highest BCUT2D eigenvalue weighted by atomic mass is 35.5. The zero-order valence-electron chi connectivity index (χ0n) is 11.4. The highest BCUT2D eigenvalue weighted by Crippen LogP contribution is 2.29. The van der Waals surface area contributed by atoms with Crippen molar-refractivity contribution in [1.82, 2.24) is 9.97 Å². The van der Waals surface area contributed by atoms with Crippen LogP contribution in [0, 0.1) is 19.7 Å². The van der Waals surface area contributed by atoms with Gasteiger partial charge in [0, 0.05) is 21.5 Å². The van der Waals surface area contributed by atoms with Crippen LogP contribution < -0.4 is 0 Å². The lowest BCUT2D eigenvalue weighted by Crippen LogP contribution is -1.95. The van der Waals surface area contributed by atoms with Crippen LogP contribution in [-0.4, -0.2) is 9.97 Å². The Morgan fingerprint density at radius 1 is 1.00 bits per heavy atom. The minimum Gasteiger partial charge on any atom is -0.228 e. The second-order valence-electron chi connectivity index (χ2n) is 4.87. The highest BCUT2D eigenvalue weighted by molar-refractivity contribution is 6.34. The Morgan fingerprint density at radius 3 is 2.48 bits per heavy atom. The number of hydrogen-bond acceptors (Lipinski definition) is 2. The Labute approximate surface area is 131 Å². The van der Waals surface area contributed by atoms with E-state index >= 15 is 0 Å². The molecular weight excluding hydrogens is 310 g/mol. The first-order valence-corrected chi connectivity index (χ1v) is 7.12. The van der Waals surface area contributed by atoms with Crippen molar-refractivity contribution >= 4 is 34.1 Å². The number of halogens is 3. The van der Waals surface area contributed by atoms with Gasteiger partial charge < -0.3 is 0 Å². The molecular formula is C16H11Cl2FN2. The molecule has 0 atom stereocenters. The zero-order valence-corrected chi connectivity index (χ0v) is 12.9. The number of fused-ring (bicyclic) bond motifs is 1. The third-order valence-electron chi connectivity index (χ3n) is 3.44. The molecule has 0 aliphatic heterocycles. The van der Waals surface area contributed by atoms with Crippen molar-refractivity contribution < 1.29 is 4.39 Å². The summed E-state index contributed by atoms with van der Waals surface area (Å²) in [6, 6.07) is 8.50. The molecule has 2 aromatic carbocycles. The summed E-state index contributed by atoms with van der Waals surface area (Å²) in [5, 5.41) is 1.57. The monoisotopic (exact) mass is 320 g/mol. The van der Waals surface area contributed by atoms with E-state index in [9.17, 15) is 4.39 Å². The SMILES string of the molecule is Cc1ccc(-c2nc(Cl)c3ccc(F)c(C)c3n2)cc1Cl. The summed E-state index contributed by atoms with van der Waals surface area (Å²) in [6.45, 7) is 3.59. The van der Waals surface area contributed by atoms with Crippen LogP contribution in [0.3, 0.4) is 0 Å². The van der Waals surface area contributed by atoms with Crippen molar-refractivity contribution in [3.8, 4) is 11.4 Å². The van der Waals surface area contributed by atoms with Gasteiger partial charge in [-0.3, -0.25) is 0 Å². The lowest BCUT2D eigenvalue weighted by molar-refractivity contribution is 0.620. The van der Waals surface area contributed by atoms with Crippen LogP contribution in [0.15, 0.2) is 30.3 Å². The van der Waals surface area contributed by atoms with Gasteiger partial charge in [0.25, 0.3) is 0 Å². The van der Waals surface area contributed by atoms with Gasteiger partial charge in [0.1, 0.15) is 11.0 Å². The molecule has 0 radical (unpaired) electrons. The van der Waals surface area contributed by atoms with E-state index in [1.165, 1.54) is 6.07 Å². The van der Waals surface area contributed by atoms with Gasteiger partial charge in [-0.1, -0.05) is 35.3 Å². The molecule has 0 saturated carbocycles.